The summed E-state index contributed by atoms with van der Waals surface area (Å²) in [4.78, 5) is 14.0. The van der Waals surface area contributed by atoms with E-state index in [1.165, 1.54) is 0 Å². The van der Waals surface area contributed by atoms with Crippen molar-refractivity contribution in [2.45, 2.75) is 45.7 Å². The van der Waals surface area contributed by atoms with Gasteiger partial charge in [-0.3, -0.25) is 4.79 Å². The van der Waals surface area contributed by atoms with Crippen molar-refractivity contribution < 1.29 is 9.90 Å². The Kier molecular flexibility index (Phi) is 4.33. The number of amides is 1. The minimum Gasteiger partial charge on any atom is -0.396 e. The molecule has 0 bridgehead atoms. The highest BCUT2D eigenvalue weighted by Crippen LogP contribution is 2.30. The molecule has 1 heterocycles. The van der Waals surface area contributed by atoms with Crippen LogP contribution in [-0.2, 0) is 4.79 Å². The van der Waals surface area contributed by atoms with Crippen LogP contribution < -0.4 is 5.32 Å². The lowest BCUT2D eigenvalue weighted by Gasteiger charge is -2.38. The molecule has 1 rings (SSSR count). The van der Waals surface area contributed by atoms with Gasteiger partial charge in [0.15, 0.2) is 0 Å². The Labute approximate surface area is 98.0 Å². The zero-order chi connectivity index (χ0) is 12.3. The fraction of sp³-hybridized carbons (Fsp3) is 0.917. The van der Waals surface area contributed by atoms with Gasteiger partial charge >= 0.3 is 0 Å². The standard InChI is InChI=1S/C12H24N2O2/c1-12(2,3)10(6-8-15)14-7-5-9(13-4)11(14)16/h9-10,13,15H,5-8H2,1-4H3. The summed E-state index contributed by atoms with van der Waals surface area (Å²) in [5, 5.41) is 12.2. The minimum atomic E-state index is -0.0384. The van der Waals surface area contributed by atoms with Gasteiger partial charge in [-0.1, -0.05) is 20.8 Å². The Morgan fingerprint density at radius 3 is 2.56 bits per heavy atom. The highest BCUT2D eigenvalue weighted by atomic mass is 16.3. The van der Waals surface area contributed by atoms with E-state index in [9.17, 15) is 4.79 Å². The molecule has 1 fully saturated rings. The summed E-state index contributed by atoms with van der Waals surface area (Å²) in [6.07, 6.45) is 1.53. The second-order valence-corrected chi connectivity index (χ2v) is 5.56. The van der Waals surface area contributed by atoms with Crippen molar-refractivity contribution in [2.24, 2.45) is 5.41 Å². The molecule has 1 aliphatic heterocycles. The van der Waals surface area contributed by atoms with Crippen LogP contribution in [0.1, 0.15) is 33.6 Å². The van der Waals surface area contributed by atoms with Crippen molar-refractivity contribution in [1.29, 1.82) is 0 Å². The largest absolute Gasteiger partial charge is 0.396 e. The SMILES string of the molecule is CNC1CCN(C(CCO)C(C)(C)C)C1=O. The maximum atomic E-state index is 12.1. The van der Waals surface area contributed by atoms with Gasteiger partial charge in [0, 0.05) is 19.2 Å². The van der Waals surface area contributed by atoms with E-state index in [1.54, 1.807) is 0 Å². The smallest absolute Gasteiger partial charge is 0.240 e. The Balaban J connectivity index is 2.77. The van der Waals surface area contributed by atoms with Gasteiger partial charge in [-0.15, -0.1) is 0 Å². The third kappa shape index (κ3) is 2.74. The highest BCUT2D eigenvalue weighted by molar-refractivity contribution is 5.84. The summed E-state index contributed by atoms with van der Waals surface area (Å²) < 4.78 is 0. The molecule has 0 spiro atoms. The van der Waals surface area contributed by atoms with Crippen LogP contribution >= 0.6 is 0 Å². The second-order valence-electron chi connectivity index (χ2n) is 5.56. The highest BCUT2D eigenvalue weighted by Gasteiger charge is 2.39. The third-order valence-electron chi connectivity index (χ3n) is 3.37. The summed E-state index contributed by atoms with van der Waals surface area (Å²) >= 11 is 0. The number of hydrogen-bond acceptors (Lipinski definition) is 3. The first-order valence-electron chi connectivity index (χ1n) is 6.00. The molecule has 94 valence electrons. The summed E-state index contributed by atoms with van der Waals surface area (Å²) in [7, 11) is 1.82. The topological polar surface area (TPSA) is 52.6 Å². The number of likely N-dealkylation sites (tertiary alicyclic amines) is 1. The van der Waals surface area contributed by atoms with Crippen LogP contribution in [-0.4, -0.2) is 48.2 Å². The molecule has 0 aromatic rings. The number of aliphatic hydroxyl groups is 1. The first-order chi connectivity index (χ1) is 7.41. The normalized spacial score (nSPS) is 23.9. The number of carbonyl (C=O) groups excluding carboxylic acids is 1. The molecule has 1 amide bonds. The van der Waals surface area contributed by atoms with Crippen LogP contribution in [0.2, 0.25) is 0 Å². The monoisotopic (exact) mass is 228 g/mol. The van der Waals surface area contributed by atoms with Crippen molar-refractivity contribution in [3.63, 3.8) is 0 Å². The Morgan fingerprint density at radius 1 is 1.56 bits per heavy atom. The number of aliphatic hydroxyl groups excluding tert-OH is 1. The molecule has 0 radical (unpaired) electrons. The van der Waals surface area contributed by atoms with E-state index in [1.807, 2.05) is 11.9 Å². The van der Waals surface area contributed by atoms with Crippen molar-refractivity contribution in [1.82, 2.24) is 10.2 Å². The van der Waals surface area contributed by atoms with Crippen molar-refractivity contribution in [3.8, 4) is 0 Å². The van der Waals surface area contributed by atoms with Crippen molar-refractivity contribution >= 4 is 5.91 Å². The van der Waals surface area contributed by atoms with Gasteiger partial charge in [0.05, 0.1) is 6.04 Å². The zero-order valence-electron chi connectivity index (χ0n) is 10.8. The number of hydrogen-bond donors (Lipinski definition) is 2. The molecular formula is C12H24N2O2. The van der Waals surface area contributed by atoms with Crippen LogP contribution in [0, 0.1) is 5.41 Å². The second kappa shape index (κ2) is 5.15. The molecule has 1 saturated heterocycles. The summed E-state index contributed by atoms with van der Waals surface area (Å²) in [5.74, 6) is 0.177. The summed E-state index contributed by atoms with van der Waals surface area (Å²) in [5.41, 5.74) is 0.0149. The van der Waals surface area contributed by atoms with Crippen LogP contribution in [0.5, 0.6) is 0 Å². The average molecular weight is 228 g/mol. The fourth-order valence-electron chi connectivity index (χ4n) is 2.46. The van der Waals surface area contributed by atoms with E-state index in [-0.39, 0.29) is 30.0 Å². The van der Waals surface area contributed by atoms with Gasteiger partial charge in [0.25, 0.3) is 0 Å². The van der Waals surface area contributed by atoms with Crippen LogP contribution in [0.15, 0.2) is 0 Å². The van der Waals surface area contributed by atoms with Crippen LogP contribution in [0.25, 0.3) is 0 Å². The van der Waals surface area contributed by atoms with Gasteiger partial charge in [-0.2, -0.15) is 0 Å². The maximum absolute atomic E-state index is 12.1. The summed E-state index contributed by atoms with van der Waals surface area (Å²) in [6, 6.07) is 0.0897. The molecule has 4 nitrogen and oxygen atoms in total. The maximum Gasteiger partial charge on any atom is 0.240 e. The first kappa shape index (κ1) is 13.5. The molecule has 0 saturated carbocycles. The van der Waals surface area contributed by atoms with Crippen LogP contribution in [0.3, 0.4) is 0 Å². The molecule has 1 aliphatic rings. The molecule has 2 N–H and O–H groups in total. The van der Waals surface area contributed by atoms with E-state index in [4.69, 9.17) is 5.11 Å². The quantitative estimate of drug-likeness (QED) is 0.741. The van der Waals surface area contributed by atoms with Crippen LogP contribution in [0.4, 0.5) is 0 Å². The summed E-state index contributed by atoms with van der Waals surface area (Å²) in [6.45, 7) is 7.29. The number of nitrogens with zero attached hydrogens (tertiary/aromatic N) is 1. The van der Waals surface area contributed by atoms with E-state index in [2.05, 4.69) is 26.1 Å². The van der Waals surface area contributed by atoms with E-state index < -0.39 is 0 Å². The molecular weight excluding hydrogens is 204 g/mol. The predicted molar refractivity (Wildman–Crippen MR) is 64.1 cm³/mol. The van der Waals surface area contributed by atoms with Gasteiger partial charge in [0.1, 0.15) is 0 Å². The Hall–Kier alpha value is -0.610. The van der Waals surface area contributed by atoms with E-state index >= 15 is 0 Å². The zero-order valence-corrected chi connectivity index (χ0v) is 10.8. The number of likely N-dealkylation sites (N-methyl/N-ethyl adjacent to an activating group) is 1. The molecule has 2 atom stereocenters. The molecule has 0 aliphatic carbocycles. The van der Waals surface area contributed by atoms with E-state index in [0.29, 0.717) is 6.42 Å². The first-order valence-corrected chi connectivity index (χ1v) is 6.00. The van der Waals surface area contributed by atoms with Crippen molar-refractivity contribution in [2.75, 3.05) is 20.2 Å². The minimum absolute atomic E-state index is 0.0149. The lowest BCUT2D eigenvalue weighted by Crippen LogP contribution is -2.48. The molecule has 16 heavy (non-hydrogen) atoms. The van der Waals surface area contributed by atoms with Gasteiger partial charge in [-0.25, -0.2) is 0 Å². The lowest BCUT2D eigenvalue weighted by atomic mass is 9.84. The average Bonchev–Trinajstić information content (AvgIpc) is 2.54. The van der Waals surface area contributed by atoms with Crippen molar-refractivity contribution in [3.05, 3.63) is 0 Å². The fourth-order valence-corrected chi connectivity index (χ4v) is 2.46. The van der Waals surface area contributed by atoms with Gasteiger partial charge in [-0.05, 0) is 25.3 Å². The Bertz CT molecular complexity index is 248. The molecule has 0 aromatic carbocycles. The van der Waals surface area contributed by atoms with E-state index in [0.717, 1.165) is 13.0 Å². The molecule has 2 unspecified atom stereocenters. The third-order valence-corrected chi connectivity index (χ3v) is 3.37. The number of rotatable bonds is 4. The lowest BCUT2D eigenvalue weighted by molar-refractivity contribution is -0.133. The number of nitrogens with one attached hydrogen (secondary N) is 1. The molecule has 4 heteroatoms. The number of carbonyl (C=O) groups is 1. The van der Waals surface area contributed by atoms with Gasteiger partial charge < -0.3 is 15.3 Å². The van der Waals surface area contributed by atoms with Gasteiger partial charge in [0.2, 0.25) is 5.91 Å². The molecule has 0 aromatic heterocycles. The Morgan fingerprint density at radius 2 is 2.19 bits per heavy atom. The predicted octanol–water partition coefficient (Wildman–Crippen LogP) is 0.604.